The van der Waals surface area contributed by atoms with Crippen LogP contribution in [0.15, 0.2) is 35.8 Å². The van der Waals surface area contributed by atoms with E-state index in [0.717, 1.165) is 89.9 Å². The number of benzene rings is 1. The number of esters is 1. The third-order valence-electron chi connectivity index (χ3n) is 13.5. The number of aromatic nitrogens is 3. The summed E-state index contributed by atoms with van der Waals surface area (Å²) in [7, 11) is 1.75. The monoisotopic (exact) mass is 825 g/mol. The van der Waals surface area contributed by atoms with Crippen molar-refractivity contribution in [1.82, 2.24) is 29.9 Å². The number of methoxy groups -OCH3 is 1. The van der Waals surface area contributed by atoms with Crippen molar-refractivity contribution in [3.63, 3.8) is 0 Å². The van der Waals surface area contributed by atoms with E-state index in [2.05, 4.69) is 78.4 Å². The fraction of sp³-hybridized carbons (Fsp3) is 0.600. The van der Waals surface area contributed by atoms with E-state index < -0.39 is 17.5 Å². The molecule has 0 radical (unpaired) electrons. The lowest BCUT2D eigenvalue weighted by Crippen LogP contribution is -2.64. The van der Waals surface area contributed by atoms with Crippen molar-refractivity contribution >= 4 is 34.1 Å². The predicted molar refractivity (Wildman–Crippen MR) is 227 cm³/mol. The lowest BCUT2D eigenvalue weighted by atomic mass is 9.79. The van der Waals surface area contributed by atoms with Gasteiger partial charge in [0, 0.05) is 77.2 Å². The molecule has 5 aliphatic heterocycles. The smallest absolute Gasteiger partial charge is 0.324 e. The third kappa shape index (κ3) is 7.53. The second-order valence-electron chi connectivity index (χ2n) is 18.2. The summed E-state index contributed by atoms with van der Waals surface area (Å²) in [5.74, 6) is -0.592. The number of nitrogens with one attached hydrogen (secondary N) is 1. The van der Waals surface area contributed by atoms with Gasteiger partial charge >= 0.3 is 5.97 Å². The van der Waals surface area contributed by atoms with E-state index >= 15 is 0 Å². The Labute approximate surface area is 350 Å². The Bertz CT molecular complexity index is 2200. The van der Waals surface area contributed by atoms with Crippen LogP contribution in [-0.2, 0) is 41.5 Å². The van der Waals surface area contributed by atoms with Gasteiger partial charge in [0.15, 0.2) is 0 Å². The van der Waals surface area contributed by atoms with Gasteiger partial charge in [-0.3, -0.25) is 24.5 Å². The highest BCUT2D eigenvalue weighted by molar-refractivity contribution is 7.10. The average Bonchev–Trinajstić information content (AvgIpc) is 3.83. The van der Waals surface area contributed by atoms with E-state index in [1.54, 1.807) is 7.11 Å². The van der Waals surface area contributed by atoms with Crippen molar-refractivity contribution in [3.8, 4) is 22.5 Å². The highest BCUT2D eigenvalue weighted by atomic mass is 32.1. The van der Waals surface area contributed by atoms with Crippen LogP contribution in [0, 0.1) is 5.41 Å². The predicted octanol–water partition coefficient (Wildman–Crippen LogP) is 5.95. The molecule has 3 aromatic heterocycles. The molecule has 14 heteroatoms. The van der Waals surface area contributed by atoms with Crippen LogP contribution in [0.2, 0.25) is 0 Å². The fourth-order valence-electron chi connectivity index (χ4n) is 10.1. The molecule has 59 heavy (non-hydrogen) atoms. The van der Waals surface area contributed by atoms with Gasteiger partial charge in [0.2, 0.25) is 0 Å². The van der Waals surface area contributed by atoms with E-state index in [9.17, 15) is 9.59 Å². The molecule has 3 N–H and O–H groups in total. The summed E-state index contributed by atoms with van der Waals surface area (Å²) in [5.41, 5.74) is 17.8. The number of cyclic esters (lactones) is 1. The Hall–Kier alpha value is -3.76. The highest BCUT2D eigenvalue weighted by Crippen LogP contribution is 2.45. The molecule has 1 amide bonds. The number of hydrogen-bond donors (Lipinski definition) is 2. The Morgan fingerprint density at radius 1 is 1.08 bits per heavy atom. The SMILES string of the molecule is CCn1c(-c2cc(C3C[C@H]4COC[C@@H](C3)N4C3COC3)cnc2[C@H](C)OC)c2c3cc(ccc31)-c1csc(n1)[C@@H](C)[C@H](N)C(=O)N1CCC[C@H](N1)C(=O)OCC(C)(C)C2. The first-order valence-corrected chi connectivity index (χ1v) is 22.4. The number of carbonyl (C=O) groups excluding carboxylic acids is 2. The number of amides is 1. The molecule has 4 fully saturated rings. The van der Waals surface area contributed by atoms with Gasteiger partial charge in [0.05, 0.1) is 73.3 Å². The van der Waals surface area contributed by atoms with Gasteiger partial charge in [-0.25, -0.2) is 10.4 Å². The number of piperidine rings is 1. The molecule has 8 heterocycles. The largest absolute Gasteiger partial charge is 0.464 e. The molecular formula is C45H59N7O6S. The Kier molecular flexibility index (Phi) is 11.2. The zero-order valence-corrected chi connectivity index (χ0v) is 36.1. The highest BCUT2D eigenvalue weighted by Gasteiger charge is 2.45. The Balaban J connectivity index is 1.18. The number of rotatable bonds is 6. The number of fused-ring (bicyclic) bond motifs is 8. The van der Waals surface area contributed by atoms with Crippen molar-refractivity contribution in [2.24, 2.45) is 11.1 Å². The number of aryl methyl sites for hydroxylation is 1. The molecule has 0 saturated carbocycles. The standard InChI is InChI=1S/C45H59N7O6S/c1-7-50-38-11-10-27-15-33(38)35(17-45(4,5)24-58-44(54)36-9-8-12-51(49-36)43(53)39(46)25(2)42-48-37(27)23-59-42)41(50)34-16-29(18-47-40(34)26(3)55-6)28-13-30-19-56-20-31(14-28)52(30)32-21-57-22-32/h10-11,15-16,18,23,25-26,28,30-32,36,39,49H,7-9,12-14,17,19-22,24,46H2,1-6H3/t25-,26-,28?,30-,31+,36-,39-/m0/s1. The summed E-state index contributed by atoms with van der Waals surface area (Å²) in [6.07, 6.45) is 5.75. The maximum atomic E-state index is 13.7. The second-order valence-corrected chi connectivity index (χ2v) is 19.1. The number of hydrazine groups is 1. The maximum absolute atomic E-state index is 13.7. The first-order chi connectivity index (χ1) is 28.4. The lowest BCUT2D eigenvalue weighted by molar-refractivity contribution is -0.159. The topological polar surface area (TPSA) is 146 Å². The molecule has 4 aromatic rings. The number of ether oxygens (including phenoxy) is 4. The van der Waals surface area contributed by atoms with Gasteiger partial charge < -0.3 is 29.2 Å². The van der Waals surface area contributed by atoms with Crippen molar-refractivity contribution < 1.29 is 28.5 Å². The van der Waals surface area contributed by atoms with Crippen LogP contribution >= 0.6 is 11.3 Å². The van der Waals surface area contributed by atoms with Crippen LogP contribution in [0.1, 0.15) is 100 Å². The molecule has 5 aliphatic rings. The van der Waals surface area contributed by atoms with Gasteiger partial charge in [-0.2, -0.15) is 0 Å². The minimum Gasteiger partial charge on any atom is -0.464 e. The zero-order valence-electron chi connectivity index (χ0n) is 35.2. The molecule has 8 bridgehead atoms. The molecular weight excluding hydrogens is 767 g/mol. The second kappa shape index (κ2) is 16.3. The van der Waals surface area contributed by atoms with Gasteiger partial charge in [-0.05, 0) is 81.2 Å². The van der Waals surface area contributed by atoms with Gasteiger partial charge in [-0.15, -0.1) is 11.3 Å². The number of hydrogen-bond acceptors (Lipinski definition) is 12. The normalized spacial score (nSPS) is 28.6. The average molecular weight is 826 g/mol. The minimum atomic E-state index is -0.824. The van der Waals surface area contributed by atoms with E-state index in [0.29, 0.717) is 49.9 Å². The van der Waals surface area contributed by atoms with Crippen molar-refractivity contribution in [2.75, 3.05) is 46.7 Å². The van der Waals surface area contributed by atoms with E-state index in [4.69, 9.17) is 34.6 Å². The molecule has 316 valence electrons. The van der Waals surface area contributed by atoms with Crippen LogP contribution in [0.25, 0.3) is 33.4 Å². The zero-order chi connectivity index (χ0) is 41.2. The number of pyridine rings is 1. The summed E-state index contributed by atoms with van der Waals surface area (Å²) in [6.45, 7) is 15.1. The third-order valence-corrected chi connectivity index (χ3v) is 14.6. The van der Waals surface area contributed by atoms with Crippen LogP contribution in [-0.4, -0.2) is 113 Å². The molecule has 13 nitrogen and oxygen atoms in total. The summed E-state index contributed by atoms with van der Waals surface area (Å²) in [4.78, 5) is 40.4. The number of nitrogens with two attached hydrogens (primary N) is 1. The summed E-state index contributed by atoms with van der Waals surface area (Å²) < 4.78 is 26.3. The van der Waals surface area contributed by atoms with E-state index in [1.807, 2.05) is 6.92 Å². The van der Waals surface area contributed by atoms with E-state index in [-0.39, 0.29) is 30.5 Å². The van der Waals surface area contributed by atoms with Gasteiger partial charge in [-0.1, -0.05) is 26.8 Å². The van der Waals surface area contributed by atoms with Crippen molar-refractivity contribution in [2.45, 2.75) is 121 Å². The summed E-state index contributed by atoms with van der Waals surface area (Å²) >= 11 is 1.52. The molecule has 4 saturated heterocycles. The van der Waals surface area contributed by atoms with Gasteiger partial charge in [0.1, 0.15) is 6.04 Å². The van der Waals surface area contributed by atoms with E-state index in [1.165, 1.54) is 27.5 Å². The fourth-order valence-corrected chi connectivity index (χ4v) is 11.1. The number of morpholine rings is 1. The Morgan fingerprint density at radius 3 is 2.54 bits per heavy atom. The molecule has 1 unspecified atom stereocenters. The van der Waals surface area contributed by atoms with Crippen LogP contribution in [0.5, 0.6) is 0 Å². The first kappa shape index (κ1) is 40.6. The van der Waals surface area contributed by atoms with Gasteiger partial charge in [0.25, 0.3) is 5.91 Å². The Morgan fingerprint density at radius 2 is 1.83 bits per heavy atom. The molecule has 1 aromatic carbocycles. The molecule has 7 atom stereocenters. The number of nitrogens with zero attached hydrogens (tertiary/aromatic N) is 5. The van der Waals surface area contributed by atoms with Crippen molar-refractivity contribution in [1.29, 1.82) is 0 Å². The molecule has 0 spiro atoms. The van der Waals surface area contributed by atoms with Crippen molar-refractivity contribution in [3.05, 3.63) is 57.7 Å². The van der Waals surface area contributed by atoms with Crippen LogP contribution in [0.3, 0.4) is 0 Å². The summed E-state index contributed by atoms with van der Waals surface area (Å²) in [6, 6.07) is 8.75. The quantitative estimate of drug-likeness (QED) is 0.223. The summed E-state index contributed by atoms with van der Waals surface area (Å²) in [5, 5.41) is 5.50. The maximum Gasteiger partial charge on any atom is 0.324 e. The van der Waals surface area contributed by atoms with Crippen LogP contribution < -0.4 is 11.2 Å². The number of thiazole rings is 1. The van der Waals surface area contributed by atoms with Crippen LogP contribution in [0.4, 0.5) is 0 Å². The first-order valence-electron chi connectivity index (χ1n) is 21.5. The minimum absolute atomic E-state index is 0.205. The molecule has 9 rings (SSSR count). The molecule has 0 aliphatic carbocycles. The lowest BCUT2D eigenvalue weighted by Gasteiger charge is -2.53. The number of carbonyl (C=O) groups is 2.